The summed E-state index contributed by atoms with van der Waals surface area (Å²) in [5.41, 5.74) is -0.396. The molecule has 0 spiro atoms. The van der Waals surface area contributed by atoms with Gasteiger partial charge in [0.1, 0.15) is 5.82 Å². The van der Waals surface area contributed by atoms with Gasteiger partial charge in [-0.25, -0.2) is 4.39 Å². The lowest BCUT2D eigenvalue weighted by Gasteiger charge is -2.31. The van der Waals surface area contributed by atoms with E-state index in [0.29, 0.717) is 19.6 Å². The van der Waals surface area contributed by atoms with Gasteiger partial charge in [0.05, 0.1) is 11.0 Å². The van der Waals surface area contributed by atoms with E-state index in [1.807, 2.05) is 6.92 Å². The van der Waals surface area contributed by atoms with Gasteiger partial charge in [-0.3, -0.25) is 14.9 Å². The predicted molar refractivity (Wildman–Crippen MR) is 66.4 cm³/mol. The number of carbonyl (C=O) groups excluding carboxylic acids is 1. The van der Waals surface area contributed by atoms with Gasteiger partial charge in [-0.15, -0.1) is 0 Å². The molecule has 0 saturated carbocycles. The number of hydrogen-bond donors (Lipinski definition) is 1. The van der Waals surface area contributed by atoms with Crippen LogP contribution < -0.4 is 5.32 Å². The van der Waals surface area contributed by atoms with Gasteiger partial charge in [0, 0.05) is 37.3 Å². The molecule has 1 aliphatic rings. The first-order valence-corrected chi connectivity index (χ1v) is 5.95. The molecule has 1 atom stereocenters. The maximum atomic E-state index is 13.3. The summed E-state index contributed by atoms with van der Waals surface area (Å²) in [6.45, 7) is 3.61. The van der Waals surface area contributed by atoms with E-state index in [1.54, 1.807) is 4.90 Å². The summed E-state index contributed by atoms with van der Waals surface area (Å²) < 4.78 is 13.3. The van der Waals surface area contributed by atoms with E-state index in [1.165, 1.54) is 0 Å². The Hall–Kier alpha value is -2.02. The van der Waals surface area contributed by atoms with Crippen molar-refractivity contribution < 1.29 is 14.1 Å². The van der Waals surface area contributed by atoms with Crippen LogP contribution in [0.4, 0.5) is 10.1 Å². The second-order valence-corrected chi connectivity index (χ2v) is 4.56. The van der Waals surface area contributed by atoms with Crippen molar-refractivity contribution in [2.45, 2.75) is 13.0 Å². The van der Waals surface area contributed by atoms with Crippen molar-refractivity contribution in [3.8, 4) is 0 Å². The second kappa shape index (κ2) is 5.31. The maximum absolute atomic E-state index is 13.3. The van der Waals surface area contributed by atoms with Gasteiger partial charge in [-0.2, -0.15) is 0 Å². The van der Waals surface area contributed by atoms with Crippen molar-refractivity contribution in [1.82, 2.24) is 10.2 Å². The molecule has 1 fully saturated rings. The number of nitro benzene ring substituents is 1. The van der Waals surface area contributed by atoms with Crippen LogP contribution in [0.1, 0.15) is 17.3 Å². The fourth-order valence-electron chi connectivity index (χ4n) is 2.10. The van der Waals surface area contributed by atoms with E-state index in [-0.39, 0.29) is 17.5 Å². The SMILES string of the molecule is C[C@@H]1CN(C(=O)c2cc(F)cc([N+](=O)[O-])c2)CCN1. The molecule has 1 N–H and O–H groups in total. The molecule has 0 aromatic heterocycles. The Balaban J connectivity index is 2.25. The number of nitrogens with zero attached hydrogens (tertiary/aromatic N) is 2. The third-order valence-electron chi connectivity index (χ3n) is 3.00. The molecule has 1 aromatic carbocycles. The standard InChI is InChI=1S/C12H14FN3O3/c1-8-7-15(3-2-14-8)12(17)9-4-10(13)6-11(5-9)16(18)19/h4-6,8,14H,2-3,7H2,1H3/t8-/m1/s1. The van der Waals surface area contributed by atoms with Crippen molar-refractivity contribution >= 4 is 11.6 Å². The highest BCUT2D eigenvalue weighted by Gasteiger charge is 2.23. The lowest BCUT2D eigenvalue weighted by Crippen LogP contribution is -2.51. The number of rotatable bonds is 2. The first kappa shape index (κ1) is 13.4. The molecule has 19 heavy (non-hydrogen) atoms. The average Bonchev–Trinajstić information content (AvgIpc) is 2.37. The van der Waals surface area contributed by atoms with Crippen LogP contribution in [0.3, 0.4) is 0 Å². The summed E-state index contributed by atoms with van der Waals surface area (Å²) in [6.07, 6.45) is 0. The molecular formula is C12H14FN3O3. The van der Waals surface area contributed by atoms with Gasteiger partial charge in [0.2, 0.25) is 0 Å². The average molecular weight is 267 g/mol. The zero-order valence-corrected chi connectivity index (χ0v) is 10.4. The van der Waals surface area contributed by atoms with Crippen LogP contribution in [0.25, 0.3) is 0 Å². The quantitative estimate of drug-likeness (QED) is 0.644. The predicted octanol–water partition coefficient (Wildman–Crippen LogP) is 1.17. The lowest BCUT2D eigenvalue weighted by atomic mass is 10.1. The molecule has 6 nitrogen and oxygen atoms in total. The highest BCUT2D eigenvalue weighted by atomic mass is 19.1. The van der Waals surface area contributed by atoms with Crippen molar-refractivity contribution in [2.75, 3.05) is 19.6 Å². The summed E-state index contributed by atoms with van der Waals surface area (Å²) in [5, 5.41) is 13.8. The first-order chi connectivity index (χ1) is 8.97. The number of benzene rings is 1. The summed E-state index contributed by atoms with van der Waals surface area (Å²) in [6, 6.07) is 3.10. The molecular weight excluding hydrogens is 253 g/mol. The van der Waals surface area contributed by atoms with Gasteiger partial charge in [0.15, 0.2) is 0 Å². The fourth-order valence-corrected chi connectivity index (χ4v) is 2.10. The largest absolute Gasteiger partial charge is 0.336 e. The Morgan fingerprint density at radius 1 is 1.53 bits per heavy atom. The molecule has 102 valence electrons. The van der Waals surface area contributed by atoms with Crippen LogP contribution in [-0.2, 0) is 0 Å². The van der Waals surface area contributed by atoms with Crippen LogP contribution in [0.2, 0.25) is 0 Å². The third-order valence-corrected chi connectivity index (χ3v) is 3.00. The van der Waals surface area contributed by atoms with Gasteiger partial charge < -0.3 is 10.2 Å². The number of carbonyl (C=O) groups is 1. The van der Waals surface area contributed by atoms with E-state index >= 15 is 0 Å². The van der Waals surface area contributed by atoms with Gasteiger partial charge in [-0.05, 0) is 13.0 Å². The number of nitrogens with one attached hydrogen (secondary N) is 1. The van der Waals surface area contributed by atoms with Crippen LogP contribution in [0.5, 0.6) is 0 Å². The van der Waals surface area contributed by atoms with E-state index in [0.717, 1.165) is 18.2 Å². The molecule has 7 heteroatoms. The van der Waals surface area contributed by atoms with Crippen LogP contribution in [0, 0.1) is 15.9 Å². The Bertz CT molecular complexity index is 521. The minimum absolute atomic E-state index is 0.0146. The summed E-state index contributed by atoms with van der Waals surface area (Å²) in [7, 11) is 0. The molecule has 1 saturated heterocycles. The molecule has 1 amide bonds. The van der Waals surface area contributed by atoms with E-state index < -0.39 is 16.4 Å². The van der Waals surface area contributed by atoms with Gasteiger partial charge in [-0.1, -0.05) is 0 Å². The number of halogens is 1. The summed E-state index contributed by atoms with van der Waals surface area (Å²) in [4.78, 5) is 23.7. The van der Waals surface area contributed by atoms with Gasteiger partial charge >= 0.3 is 0 Å². The number of hydrogen-bond acceptors (Lipinski definition) is 4. The minimum Gasteiger partial charge on any atom is -0.336 e. The molecule has 1 aromatic rings. The number of nitro groups is 1. The Morgan fingerprint density at radius 3 is 2.89 bits per heavy atom. The Morgan fingerprint density at radius 2 is 2.26 bits per heavy atom. The Kier molecular flexibility index (Phi) is 3.75. The summed E-state index contributed by atoms with van der Waals surface area (Å²) >= 11 is 0. The number of piperazine rings is 1. The zero-order chi connectivity index (χ0) is 14.0. The normalized spacial score (nSPS) is 19.3. The van der Waals surface area contributed by atoms with Crippen molar-refractivity contribution in [2.24, 2.45) is 0 Å². The van der Waals surface area contributed by atoms with Crippen LogP contribution >= 0.6 is 0 Å². The first-order valence-electron chi connectivity index (χ1n) is 5.95. The maximum Gasteiger partial charge on any atom is 0.273 e. The minimum atomic E-state index is -0.777. The van der Waals surface area contributed by atoms with Crippen molar-refractivity contribution in [1.29, 1.82) is 0 Å². The number of non-ortho nitro benzene ring substituents is 1. The van der Waals surface area contributed by atoms with Gasteiger partial charge in [0.25, 0.3) is 11.6 Å². The monoisotopic (exact) mass is 267 g/mol. The Labute approximate surface area is 109 Å². The molecule has 0 unspecified atom stereocenters. The van der Waals surface area contributed by atoms with Crippen LogP contribution in [-0.4, -0.2) is 41.4 Å². The smallest absolute Gasteiger partial charge is 0.273 e. The molecule has 1 aliphatic heterocycles. The van der Waals surface area contributed by atoms with Crippen molar-refractivity contribution in [3.05, 3.63) is 39.7 Å². The molecule has 1 heterocycles. The highest BCUT2D eigenvalue weighted by Crippen LogP contribution is 2.18. The number of amides is 1. The third kappa shape index (κ3) is 3.05. The highest BCUT2D eigenvalue weighted by molar-refractivity contribution is 5.95. The van der Waals surface area contributed by atoms with Crippen LogP contribution in [0.15, 0.2) is 18.2 Å². The van der Waals surface area contributed by atoms with E-state index in [4.69, 9.17) is 0 Å². The second-order valence-electron chi connectivity index (χ2n) is 4.56. The zero-order valence-electron chi connectivity index (χ0n) is 10.4. The lowest BCUT2D eigenvalue weighted by molar-refractivity contribution is -0.385. The fraction of sp³-hybridized carbons (Fsp3) is 0.417. The molecule has 0 aliphatic carbocycles. The molecule has 0 radical (unpaired) electrons. The van der Waals surface area contributed by atoms with E-state index in [2.05, 4.69) is 5.32 Å². The molecule has 2 rings (SSSR count). The summed E-state index contributed by atoms with van der Waals surface area (Å²) in [5.74, 6) is -1.16. The molecule has 0 bridgehead atoms. The topological polar surface area (TPSA) is 75.5 Å². The van der Waals surface area contributed by atoms with Crippen molar-refractivity contribution in [3.63, 3.8) is 0 Å². The van der Waals surface area contributed by atoms with E-state index in [9.17, 15) is 19.3 Å².